The Hall–Kier alpha value is -2.70. The molecule has 1 aromatic rings. The summed E-state index contributed by atoms with van der Waals surface area (Å²) in [6.45, 7) is 0.0508. The third-order valence-electron chi connectivity index (χ3n) is 3.15. The number of nitrogens with zero attached hydrogens (tertiary/aromatic N) is 2. The van der Waals surface area contributed by atoms with Crippen molar-refractivity contribution in [1.82, 2.24) is 10.0 Å². The second-order valence-electron chi connectivity index (χ2n) is 4.72. The van der Waals surface area contributed by atoms with Gasteiger partial charge in [-0.05, 0) is 6.07 Å². The number of anilines is 1. The summed E-state index contributed by atoms with van der Waals surface area (Å²) in [7, 11) is 1.17. The molecule has 1 N–H and O–H groups in total. The lowest BCUT2D eigenvalue weighted by Gasteiger charge is -2.36. The van der Waals surface area contributed by atoms with Crippen LogP contribution in [0.3, 0.4) is 0 Å². The number of amides is 3. The highest BCUT2D eigenvalue weighted by atomic mass is 35.5. The van der Waals surface area contributed by atoms with Gasteiger partial charge in [0.2, 0.25) is 0 Å². The van der Waals surface area contributed by atoms with Crippen molar-refractivity contribution in [2.45, 2.75) is 0 Å². The quantitative estimate of drug-likeness (QED) is 0.825. The minimum atomic E-state index is -0.788. The van der Waals surface area contributed by atoms with Crippen molar-refractivity contribution >= 4 is 29.4 Å². The topological polar surface area (TPSA) is 80.3 Å². The van der Waals surface area contributed by atoms with E-state index < -0.39 is 17.9 Å². The fourth-order valence-corrected chi connectivity index (χ4v) is 2.20. The molecule has 0 aromatic heterocycles. The second-order valence-corrected chi connectivity index (χ2v) is 5.12. The molecule has 0 bridgehead atoms. The number of ether oxygens (including phenoxy) is 3. The zero-order valence-corrected chi connectivity index (χ0v) is 14.0. The van der Waals surface area contributed by atoms with Gasteiger partial charge in [0, 0.05) is 6.07 Å². The molecule has 3 amide bonds. The normalized spacial score (nSPS) is 13.8. The third kappa shape index (κ3) is 4.43. The van der Waals surface area contributed by atoms with Gasteiger partial charge in [0.25, 0.3) is 0 Å². The van der Waals surface area contributed by atoms with Crippen molar-refractivity contribution < 1.29 is 28.2 Å². The van der Waals surface area contributed by atoms with E-state index in [1.165, 1.54) is 13.2 Å². The number of nitrogens with one attached hydrogen (secondary N) is 1. The van der Waals surface area contributed by atoms with Crippen molar-refractivity contribution in [1.29, 1.82) is 0 Å². The van der Waals surface area contributed by atoms with Crippen LogP contribution in [0.15, 0.2) is 12.1 Å². The minimum Gasteiger partial charge on any atom is -0.479 e. The van der Waals surface area contributed by atoms with Crippen molar-refractivity contribution in [3.63, 3.8) is 0 Å². The maximum absolute atomic E-state index is 14.1. The fraction of sp³-hybridized carbons (Fsp3) is 0.333. The standard InChI is InChI=1S/C15H15ClFN3O5/c1-3-5-25-13-8-12(11(17)7-10(13)16)18-14(21)19-4-6-24-9-20(19)15(22)23-2/h1,7-8H,4-6,9H2,2H3,(H,18,21). The van der Waals surface area contributed by atoms with E-state index >= 15 is 0 Å². The first kappa shape index (κ1) is 18.6. The zero-order chi connectivity index (χ0) is 18.4. The second kappa shape index (κ2) is 8.41. The van der Waals surface area contributed by atoms with Gasteiger partial charge in [-0.1, -0.05) is 17.5 Å². The van der Waals surface area contributed by atoms with Gasteiger partial charge in [0.15, 0.2) is 0 Å². The Balaban J connectivity index is 2.18. The summed E-state index contributed by atoms with van der Waals surface area (Å²) in [5.41, 5.74) is -0.183. The van der Waals surface area contributed by atoms with Gasteiger partial charge in [-0.2, -0.15) is 5.01 Å². The molecule has 134 valence electrons. The number of urea groups is 1. The van der Waals surface area contributed by atoms with E-state index in [0.717, 1.165) is 16.1 Å². The lowest BCUT2D eigenvalue weighted by atomic mass is 10.3. The van der Waals surface area contributed by atoms with Crippen LogP contribution in [-0.4, -0.2) is 55.7 Å². The smallest absolute Gasteiger partial charge is 0.430 e. The highest BCUT2D eigenvalue weighted by Crippen LogP contribution is 2.30. The lowest BCUT2D eigenvalue weighted by Crippen LogP contribution is -2.56. The summed E-state index contributed by atoms with van der Waals surface area (Å²) >= 11 is 5.86. The van der Waals surface area contributed by atoms with Crippen LogP contribution >= 0.6 is 11.6 Å². The molecule has 1 aromatic carbocycles. The molecule has 2 rings (SSSR count). The van der Waals surface area contributed by atoms with Gasteiger partial charge in [-0.25, -0.2) is 19.0 Å². The number of methoxy groups -OCH3 is 1. The Morgan fingerprint density at radius 1 is 1.48 bits per heavy atom. The van der Waals surface area contributed by atoms with E-state index in [0.29, 0.717) is 0 Å². The van der Waals surface area contributed by atoms with Crippen LogP contribution in [0.2, 0.25) is 5.02 Å². The maximum Gasteiger partial charge on any atom is 0.430 e. The summed E-state index contributed by atoms with van der Waals surface area (Å²) in [5, 5.41) is 4.35. The zero-order valence-electron chi connectivity index (χ0n) is 13.3. The number of hydrogen-bond acceptors (Lipinski definition) is 5. The van der Waals surface area contributed by atoms with Crippen LogP contribution in [-0.2, 0) is 9.47 Å². The molecule has 0 spiro atoms. The van der Waals surface area contributed by atoms with Crippen molar-refractivity contribution in [3.8, 4) is 18.1 Å². The number of carbonyl (C=O) groups excluding carboxylic acids is 2. The first-order chi connectivity index (χ1) is 12.0. The molecule has 1 fully saturated rings. The molecular weight excluding hydrogens is 357 g/mol. The summed E-state index contributed by atoms with van der Waals surface area (Å²) in [5.74, 6) is 1.59. The molecule has 8 nitrogen and oxygen atoms in total. The van der Waals surface area contributed by atoms with E-state index in [1.54, 1.807) is 0 Å². The molecule has 1 saturated heterocycles. The third-order valence-corrected chi connectivity index (χ3v) is 3.44. The fourth-order valence-electron chi connectivity index (χ4n) is 1.99. The van der Waals surface area contributed by atoms with Gasteiger partial charge in [-0.15, -0.1) is 6.42 Å². The van der Waals surface area contributed by atoms with Gasteiger partial charge in [-0.3, -0.25) is 0 Å². The Bertz CT molecular complexity index is 709. The predicted octanol–water partition coefficient (Wildman–Crippen LogP) is 2.30. The lowest BCUT2D eigenvalue weighted by molar-refractivity contribution is -0.109. The molecule has 10 heteroatoms. The number of hydrogen-bond donors (Lipinski definition) is 1. The number of rotatable bonds is 3. The molecule has 1 aliphatic heterocycles. The molecule has 0 unspecified atom stereocenters. The van der Waals surface area contributed by atoms with E-state index in [2.05, 4.69) is 16.0 Å². The molecule has 0 saturated carbocycles. The number of benzene rings is 1. The number of carbonyl (C=O) groups is 2. The summed E-state index contributed by atoms with van der Waals surface area (Å²) < 4.78 is 28.9. The van der Waals surface area contributed by atoms with E-state index in [-0.39, 0.29) is 42.9 Å². The van der Waals surface area contributed by atoms with Gasteiger partial charge < -0.3 is 19.5 Å². The maximum atomic E-state index is 14.1. The highest BCUT2D eigenvalue weighted by Gasteiger charge is 2.30. The molecule has 0 atom stereocenters. The van der Waals surface area contributed by atoms with Gasteiger partial charge >= 0.3 is 12.1 Å². The van der Waals surface area contributed by atoms with E-state index in [4.69, 9.17) is 27.5 Å². The average Bonchev–Trinajstić information content (AvgIpc) is 2.62. The van der Waals surface area contributed by atoms with Crippen LogP contribution in [0.1, 0.15) is 0 Å². The van der Waals surface area contributed by atoms with Crippen LogP contribution < -0.4 is 10.1 Å². The predicted molar refractivity (Wildman–Crippen MR) is 86.5 cm³/mol. The molecule has 25 heavy (non-hydrogen) atoms. The Labute approximate surface area is 148 Å². The average molecular weight is 372 g/mol. The van der Waals surface area contributed by atoms with Gasteiger partial charge in [0.05, 0.1) is 31.0 Å². The molecule has 1 heterocycles. The van der Waals surface area contributed by atoms with Gasteiger partial charge in [0.1, 0.15) is 24.9 Å². The van der Waals surface area contributed by atoms with E-state index in [1.807, 2.05) is 0 Å². The van der Waals surface area contributed by atoms with Crippen molar-refractivity contribution in [2.24, 2.45) is 0 Å². The summed E-state index contributed by atoms with van der Waals surface area (Å²) in [6, 6.07) is 1.44. The number of halogens is 2. The van der Waals surface area contributed by atoms with Crippen LogP contribution in [0, 0.1) is 18.2 Å². The van der Waals surface area contributed by atoms with Crippen LogP contribution in [0.5, 0.6) is 5.75 Å². The number of hydrazine groups is 1. The van der Waals surface area contributed by atoms with Crippen molar-refractivity contribution in [3.05, 3.63) is 23.0 Å². The summed E-state index contributed by atoms with van der Waals surface area (Å²) in [4.78, 5) is 24.1. The summed E-state index contributed by atoms with van der Waals surface area (Å²) in [6.07, 6.45) is 4.31. The molecule has 0 aliphatic carbocycles. The Morgan fingerprint density at radius 2 is 2.24 bits per heavy atom. The van der Waals surface area contributed by atoms with Crippen LogP contribution in [0.25, 0.3) is 0 Å². The Morgan fingerprint density at radius 3 is 2.92 bits per heavy atom. The largest absolute Gasteiger partial charge is 0.479 e. The van der Waals surface area contributed by atoms with Crippen molar-refractivity contribution in [2.75, 3.05) is 38.9 Å². The molecule has 0 radical (unpaired) electrons. The SMILES string of the molecule is C#CCOc1cc(NC(=O)N2CCOCN2C(=O)OC)c(F)cc1Cl. The molecular formula is C15H15ClFN3O5. The first-order valence-corrected chi connectivity index (χ1v) is 7.42. The minimum absolute atomic E-state index is 0.00769. The van der Waals surface area contributed by atoms with Crippen LogP contribution in [0.4, 0.5) is 19.7 Å². The Kier molecular flexibility index (Phi) is 6.27. The highest BCUT2D eigenvalue weighted by molar-refractivity contribution is 6.32. The number of terminal acetylenes is 1. The monoisotopic (exact) mass is 371 g/mol. The first-order valence-electron chi connectivity index (χ1n) is 7.05. The van der Waals surface area contributed by atoms with E-state index in [9.17, 15) is 14.0 Å². The molecule has 1 aliphatic rings.